The molecule has 35 heavy (non-hydrogen) atoms. The number of hydrogen-bond acceptors (Lipinski definition) is 6. The Morgan fingerprint density at radius 1 is 1.14 bits per heavy atom. The highest BCUT2D eigenvalue weighted by atomic mass is 19.1. The first-order valence-corrected chi connectivity index (χ1v) is 10.7. The summed E-state index contributed by atoms with van der Waals surface area (Å²) in [6, 6.07) is 13.8. The summed E-state index contributed by atoms with van der Waals surface area (Å²) in [6.07, 6.45) is 0.503. The molecule has 0 aliphatic rings. The van der Waals surface area contributed by atoms with Gasteiger partial charge < -0.3 is 15.6 Å². The summed E-state index contributed by atoms with van der Waals surface area (Å²) in [7, 11) is 0. The Balaban J connectivity index is 1.92. The molecule has 9 heteroatoms. The monoisotopic (exact) mass is 475 g/mol. The molecule has 0 spiro atoms. The van der Waals surface area contributed by atoms with E-state index in [1.165, 1.54) is 23.6 Å². The lowest BCUT2D eigenvalue weighted by molar-refractivity contribution is -0.139. The number of halogens is 1. The van der Waals surface area contributed by atoms with E-state index >= 15 is 0 Å². The number of nitrogens with two attached hydrogens (primary N) is 1. The molecule has 3 N–H and O–H groups in total. The van der Waals surface area contributed by atoms with Crippen LogP contribution in [0.4, 0.5) is 10.1 Å². The highest BCUT2D eigenvalue weighted by Gasteiger charge is 2.27. The number of ether oxygens (including phenoxy) is 1. The third-order valence-corrected chi connectivity index (χ3v) is 5.84. The third-order valence-electron chi connectivity index (χ3n) is 5.84. The Hall–Kier alpha value is -4.53. The molecule has 0 aliphatic carbocycles. The van der Waals surface area contributed by atoms with Crippen molar-refractivity contribution in [1.82, 2.24) is 9.61 Å². The number of fused-ring (bicyclic) bond motifs is 1. The SMILES string of the molecule is Cc1nn2c(Cc3ccccc3-c3ccc(F)cc3)c(C)c(N)c2c(OCC(=O)O)c1C(=O)C=O. The summed E-state index contributed by atoms with van der Waals surface area (Å²) < 4.78 is 20.5. The Morgan fingerprint density at radius 3 is 2.49 bits per heavy atom. The number of benzene rings is 2. The summed E-state index contributed by atoms with van der Waals surface area (Å²) >= 11 is 0. The smallest absolute Gasteiger partial charge is 0.341 e. The zero-order valence-electron chi connectivity index (χ0n) is 19.0. The van der Waals surface area contributed by atoms with Gasteiger partial charge in [-0.05, 0) is 48.2 Å². The van der Waals surface area contributed by atoms with Crippen LogP contribution >= 0.6 is 0 Å². The standard InChI is InChI=1S/C26H22FN3O5/c1-14-20(11-17-5-3-4-6-19(17)16-7-9-18(27)10-8-16)30-25(24(14)28)26(35-13-22(33)34)23(15(2)29-30)21(32)12-31/h3-10,12H,11,13,28H2,1-2H3,(H,33,34). The van der Waals surface area contributed by atoms with Crippen molar-refractivity contribution in [2.75, 3.05) is 12.3 Å². The molecule has 0 radical (unpaired) electrons. The number of aldehydes is 1. The van der Waals surface area contributed by atoms with Gasteiger partial charge in [0.2, 0.25) is 5.78 Å². The van der Waals surface area contributed by atoms with Crippen molar-refractivity contribution >= 4 is 29.2 Å². The van der Waals surface area contributed by atoms with E-state index in [9.17, 15) is 18.8 Å². The van der Waals surface area contributed by atoms with Crippen LogP contribution in [0.2, 0.25) is 0 Å². The van der Waals surface area contributed by atoms with Gasteiger partial charge in [0, 0.05) is 6.42 Å². The molecule has 0 fully saturated rings. The van der Waals surface area contributed by atoms with Gasteiger partial charge in [0.25, 0.3) is 0 Å². The van der Waals surface area contributed by atoms with E-state index in [0.29, 0.717) is 17.7 Å². The van der Waals surface area contributed by atoms with E-state index < -0.39 is 18.4 Å². The van der Waals surface area contributed by atoms with Crippen LogP contribution in [0.1, 0.15) is 32.9 Å². The van der Waals surface area contributed by atoms with E-state index in [4.69, 9.17) is 15.6 Å². The molecule has 0 atom stereocenters. The van der Waals surface area contributed by atoms with Gasteiger partial charge in [-0.15, -0.1) is 0 Å². The number of nitrogen functional groups attached to an aromatic ring is 1. The maximum atomic E-state index is 13.5. The van der Waals surface area contributed by atoms with E-state index in [0.717, 1.165) is 16.7 Å². The number of carboxylic acids is 1. The second kappa shape index (κ2) is 9.38. The minimum absolute atomic E-state index is 0.101. The number of carboxylic acid groups (broad SMARTS) is 1. The number of rotatable bonds is 8. The fourth-order valence-electron chi connectivity index (χ4n) is 4.15. The Labute approximate surface area is 199 Å². The first-order valence-electron chi connectivity index (χ1n) is 10.7. The fraction of sp³-hybridized carbons (Fsp3) is 0.154. The summed E-state index contributed by atoms with van der Waals surface area (Å²) in [5, 5.41) is 13.6. The van der Waals surface area contributed by atoms with Crippen molar-refractivity contribution in [2.45, 2.75) is 20.3 Å². The van der Waals surface area contributed by atoms with Gasteiger partial charge in [-0.1, -0.05) is 36.4 Å². The molecule has 0 saturated heterocycles. The van der Waals surface area contributed by atoms with Crippen molar-refractivity contribution in [2.24, 2.45) is 0 Å². The van der Waals surface area contributed by atoms with Crippen LogP contribution in [0.25, 0.3) is 16.6 Å². The van der Waals surface area contributed by atoms with Crippen LogP contribution in [-0.4, -0.2) is 39.4 Å². The van der Waals surface area contributed by atoms with Gasteiger partial charge in [-0.3, -0.25) is 9.59 Å². The highest BCUT2D eigenvalue weighted by molar-refractivity contribution is 6.35. The Bertz CT molecular complexity index is 1480. The summed E-state index contributed by atoms with van der Waals surface area (Å²) in [5.74, 6) is -2.57. The first kappa shape index (κ1) is 23.6. The predicted molar refractivity (Wildman–Crippen MR) is 127 cm³/mol. The Morgan fingerprint density at radius 2 is 1.83 bits per heavy atom. The first-order chi connectivity index (χ1) is 16.7. The van der Waals surface area contributed by atoms with Crippen LogP contribution < -0.4 is 10.5 Å². The van der Waals surface area contributed by atoms with Gasteiger partial charge in [0.15, 0.2) is 18.6 Å². The molecular weight excluding hydrogens is 453 g/mol. The number of anilines is 1. The molecule has 0 aliphatic heterocycles. The van der Waals surface area contributed by atoms with E-state index in [-0.39, 0.29) is 40.3 Å². The third kappa shape index (κ3) is 4.35. The van der Waals surface area contributed by atoms with E-state index in [1.807, 2.05) is 24.3 Å². The highest BCUT2D eigenvalue weighted by Crippen LogP contribution is 2.37. The molecule has 0 unspecified atom stereocenters. The van der Waals surface area contributed by atoms with Gasteiger partial charge in [0.1, 0.15) is 11.3 Å². The molecule has 4 rings (SSSR count). The second-order valence-corrected chi connectivity index (χ2v) is 8.04. The lowest BCUT2D eigenvalue weighted by Gasteiger charge is -2.14. The van der Waals surface area contributed by atoms with Gasteiger partial charge in [-0.2, -0.15) is 5.10 Å². The number of nitrogens with zero attached hydrogens (tertiary/aromatic N) is 2. The van der Waals surface area contributed by atoms with Crippen LogP contribution in [0.5, 0.6) is 5.75 Å². The van der Waals surface area contributed by atoms with Gasteiger partial charge >= 0.3 is 5.97 Å². The number of ketones is 1. The number of aromatic nitrogens is 2. The lowest BCUT2D eigenvalue weighted by atomic mass is 9.96. The number of carbonyl (C=O) groups excluding carboxylic acids is 2. The van der Waals surface area contributed by atoms with Crippen molar-refractivity contribution in [1.29, 1.82) is 0 Å². The van der Waals surface area contributed by atoms with Crippen LogP contribution in [0.15, 0.2) is 48.5 Å². The van der Waals surface area contributed by atoms with Crippen LogP contribution in [0, 0.1) is 19.7 Å². The van der Waals surface area contributed by atoms with Crippen LogP contribution in [-0.2, 0) is 16.0 Å². The lowest BCUT2D eigenvalue weighted by Crippen LogP contribution is -2.16. The molecule has 0 amide bonds. The molecule has 178 valence electrons. The average molecular weight is 475 g/mol. The largest absolute Gasteiger partial charge is 0.479 e. The molecule has 4 aromatic rings. The minimum Gasteiger partial charge on any atom is -0.479 e. The maximum Gasteiger partial charge on any atom is 0.341 e. The number of Topliss-reactive ketones (excluding diaryl/α,β-unsaturated/α-hetero) is 1. The molecule has 8 nitrogen and oxygen atoms in total. The molecule has 2 aromatic heterocycles. The molecule has 2 aromatic carbocycles. The predicted octanol–water partition coefficient (Wildman–Crippen LogP) is 3.78. The quantitative estimate of drug-likeness (QED) is 0.226. The maximum absolute atomic E-state index is 13.5. The zero-order valence-corrected chi connectivity index (χ0v) is 19.0. The van der Waals surface area contributed by atoms with E-state index in [1.54, 1.807) is 19.1 Å². The molecule has 0 bridgehead atoms. The van der Waals surface area contributed by atoms with Crippen molar-refractivity contribution in [3.8, 4) is 16.9 Å². The van der Waals surface area contributed by atoms with Gasteiger partial charge in [-0.25, -0.2) is 13.7 Å². The Kier molecular flexibility index (Phi) is 6.33. The molecule has 2 heterocycles. The van der Waals surface area contributed by atoms with E-state index in [2.05, 4.69) is 5.10 Å². The number of aryl methyl sites for hydroxylation is 1. The summed E-state index contributed by atoms with van der Waals surface area (Å²) in [5.41, 5.74) is 10.9. The normalized spacial score (nSPS) is 10.9. The minimum atomic E-state index is -1.25. The fourth-order valence-corrected chi connectivity index (χ4v) is 4.15. The second-order valence-electron chi connectivity index (χ2n) is 8.04. The van der Waals surface area contributed by atoms with Gasteiger partial charge in [0.05, 0.1) is 22.6 Å². The van der Waals surface area contributed by atoms with Crippen LogP contribution in [0.3, 0.4) is 0 Å². The average Bonchev–Trinajstić information content (AvgIpc) is 3.07. The molecular formula is C26H22FN3O5. The van der Waals surface area contributed by atoms with Crippen molar-refractivity contribution in [3.05, 3.63) is 82.4 Å². The zero-order chi connectivity index (χ0) is 25.3. The van der Waals surface area contributed by atoms with Crippen molar-refractivity contribution in [3.63, 3.8) is 0 Å². The summed E-state index contributed by atoms with van der Waals surface area (Å²) in [4.78, 5) is 34.8. The van der Waals surface area contributed by atoms with Crippen molar-refractivity contribution < 1.29 is 28.6 Å². The number of carbonyl (C=O) groups is 3. The number of hydrogen-bond donors (Lipinski definition) is 2. The molecule has 0 saturated carbocycles. The topological polar surface area (TPSA) is 124 Å². The summed E-state index contributed by atoms with van der Waals surface area (Å²) in [6.45, 7) is 2.59. The number of aliphatic carboxylic acids is 1.